The van der Waals surface area contributed by atoms with Gasteiger partial charge in [0, 0.05) is 13.1 Å². The van der Waals surface area contributed by atoms with Crippen LogP contribution in [0.4, 0.5) is 0 Å². The van der Waals surface area contributed by atoms with Gasteiger partial charge in [0.15, 0.2) is 0 Å². The lowest BCUT2D eigenvalue weighted by Gasteiger charge is -2.33. The quantitative estimate of drug-likeness (QED) is 0.166. The Morgan fingerprint density at radius 3 is 2.38 bits per heavy atom. The molecule has 0 bridgehead atoms. The number of hydroxylamine groups is 1. The number of hydrogen-bond donors (Lipinski definition) is 3. The zero-order valence-electron chi connectivity index (χ0n) is 22.3. The second kappa shape index (κ2) is 12.0. The Morgan fingerprint density at radius 2 is 1.68 bits per heavy atom. The lowest BCUT2D eigenvalue weighted by molar-refractivity contribution is -0.145. The molecule has 0 aromatic heterocycles. The summed E-state index contributed by atoms with van der Waals surface area (Å²) < 4.78 is 0. The van der Waals surface area contributed by atoms with Crippen molar-refractivity contribution in [1.29, 1.82) is 0 Å². The fraction of sp³-hybridized carbons (Fsp3) is 0.344. The number of carboxylic acids is 2. The van der Waals surface area contributed by atoms with Gasteiger partial charge in [0.05, 0.1) is 18.1 Å². The molecule has 1 aliphatic heterocycles. The number of amides is 1. The second-order valence-electron chi connectivity index (χ2n) is 10.6. The van der Waals surface area contributed by atoms with Crippen molar-refractivity contribution in [2.75, 3.05) is 13.1 Å². The third kappa shape index (κ3) is 5.64. The molecule has 8 nitrogen and oxygen atoms in total. The summed E-state index contributed by atoms with van der Waals surface area (Å²) in [5, 5.41) is 19.6. The van der Waals surface area contributed by atoms with E-state index in [-0.39, 0.29) is 24.0 Å². The van der Waals surface area contributed by atoms with Crippen molar-refractivity contribution < 1.29 is 29.4 Å². The minimum Gasteiger partial charge on any atom is -0.481 e. The molecule has 3 atom stereocenters. The molecular formula is C32H34N2O6. The Balaban J connectivity index is 1.07. The molecule has 1 saturated heterocycles. The number of rotatable bonds is 12. The van der Waals surface area contributed by atoms with Gasteiger partial charge in [0.25, 0.3) is 0 Å². The number of carboxylic acid groups (broad SMARTS) is 2. The van der Waals surface area contributed by atoms with Gasteiger partial charge in [-0.05, 0) is 66.3 Å². The molecule has 208 valence electrons. The van der Waals surface area contributed by atoms with Crippen molar-refractivity contribution in [3.63, 3.8) is 0 Å². The maximum Gasteiger partial charge on any atom is 0.336 e. The SMILES string of the molecule is O=C(O)c1cc(-c2ccccc2)ccc1CONCCCCN1C(=O)C12CCC(c1ccccc1)CC2C(=O)O. The van der Waals surface area contributed by atoms with E-state index in [2.05, 4.69) is 5.48 Å². The predicted molar refractivity (Wildman–Crippen MR) is 149 cm³/mol. The third-order valence-corrected chi connectivity index (χ3v) is 8.27. The number of nitrogens with one attached hydrogen (secondary N) is 1. The molecule has 40 heavy (non-hydrogen) atoms. The lowest BCUT2D eigenvalue weighted by atomic mass is 9.71. The van der Waals surface area contributed by atoms with Crippen LogP contribution in [0.1, 0.15) is 59.5 Å². The molecule has 2 fully saturated rings. The van der Waals surface area contributed by atoms with Crippen LogP contribution in [-0.2, 0) is 21.0 Å². The Labute approximate surface area is 233 Å². The molecular weight excluding hydrogens is 508 g/mol. The van der Waals surface area contributed by atoms with Crippen LogP contribution in [0.25, 0.3) is 11.1 Å². The summed E-state index contributed by atoms with van der Waals surface area (Å²) in [5.41, 5.74) is 5.70. The van der Waals surface area contributed by atoms with E-state index in [0.29, 0.717) is 37.9 Å². The van der Waals surface area contributed by atoms with Crippen molar-refractivity contribution in [3.8, 4) is 11.1 Å². The highest BCUT2D eigenvalue weighted by molar-refractivity contribution is 6.06. The number of nitrogens with zero attached hydrogens (tertiary/aromatic N) is 1. The smallest absolute Gasteiger partial charge is 0.336 e. The molecule has 1 saturated carbocycles. The standard InChI is InChI=1S/C32H34N2O6/c35-29(36)27-19-24(22-9-3-1-4-10-22)13-14-26(27)21-40-33-17-7-8-18-34-31(39)32(34)16-15-25(20-28(32)30(37)38)23-11-5-2-6-12-23/h1-6,9-14,19,25,28,33H,7-8,15-18,20-21H2,(H,35,36)(H,37,38). The zero-order chi connectivity index (χ0) is 28.1. The average molecular weight is 543 g/mol. The van der Waals surface area contributed by atoms with Crippen molar-refractivity contribution in [2.45, 2.75) is 50.2 Å². The Kier molecular flexibility index (Phi) is 8.28. The fourth-order valence-corrected chi connectivity index (χ4v) is 6.08. The van der Waals surface area contributed by atoms with Crippen LogP contribution in [0.5, 0.6) is 0 Å². The van der Waals surface area contributed by atoms with E-state index in [1.165, 1.54) is 0 Å². The molecule has 1 spiro atoms. The van der Waals surface area contributed by atoms with E-state index in [0.717, 1.165) is 29.5 Å². The van der Waals surface area contributed by atoms with Crippen LogP contribution in [0.2, 0.25) is 0 Å². The second-order valence-corrected chi connectivity index (χ2v) is 10.6. The highest BCUT2D eigenvalue weighted by Gasteiger charge is 2.69. The van der Waals surface area contributed by atoms with E-state index >= 15 is 0 Å². The van der Waals surface area contributed by atoms with Crippen LogP contribution in [0, 0.1) is 5.92 Å². The fourth-order valence-electron chi connectivity index (χ4n) is 6.08. The molecule has 3 unspecified atom stereocenters. The highest BCUT2D eigenvalue weighted by atomic mass is 16.6. The summed E-state index contributed by atoms with van der Waals surface area (Å²) in [5.74, 6) is -2.50. The Bertz CT molecular complexity index is 1360. The highest BCUT2D eigenvalue weighted by Crippen LogP contribution is 2.53. The number of carbonyl (C=O) groups excluding carboxylic acids is 1. The topological polar surface area (TPSA) is 116 Å². The molecule has 3 aromatic rings. The predicted octanol–water partition coefficient (Wildman–Crippen LogP) is 5.10. The summed E-state index contributed by atoms with van der Waals surface area (Å²) in [4.78, 5) is 44.1. The summed E-state index contributed by atoms with van der Waals surface area (Å²) in [6, 6.07) is 24.9. The molecule has 2 aliphatic rings. The molecule has 0 radical (unpaired) electrons. The molecule has 1 heterocycles. The number of benzene rings is 3. The lowest BCUT2D eigenvalue weighted by Crippen LogP contribution is -2.40. The van der Waals surface area contributed by atoms with Gasteiger partial charge >= 0.3 is 11.9 Å². The van der Waals surface area contributed by atoms with Crippen LogP contribution < -0.4 is 5.48 Å². The van der Waals surface area contributed by atoms with Gasteiger partial charge in [-0.3, -0.25) is 14.4 Å². The van der Waals surface area contributed by atoms with Gasteiger partial charge in [-0.1, -0.05) is 72.8 Å². The maximum atomic E-state index is 12.9. The zero-order valence-corrected chi connectivity index (χ0v) is 22.3. The van der Waals surface area contributed by atoms with Crippen molar-refractivity contribution in [1.82, 2.24) is 10.4 Å². The number of carbonyl (C=O) groups is 3. The van der Waals surface area contributed by atoms with Gasteiger partial charge in [-0.15, -0.1) is 0 Å². The first-order valence-electron chi connectivity index (χ1n) is 13.8. The monoisotopic (exact) mass is 542 g/mol. The first kappa shape index (κ1) is 27.6. The van der Waals surface area contributed by atoms with Gasteiger partial charge in [-0.25, -0.2) is 10.3 Å². The van der Waals surface area contributed by atoms with Crippen LogP contribution >= 0.6 is 0 Å². The van der Waals surface area contributed by atoms with E-state index < -0.39 is 23.4 Å². The minimum absolute atomic E-state index is 0.0456. The van der Waals surface area contributed by atoms with Crippen molar-refractivity contribution in [3.05, 3.63) is 95.6 Å². The summed E-state index contributed by atoms with van der Waals surface area (Å²) >= 11 is 0. The van der Waals surface area contributed by atoms with Crippen LogP contribution in [0.15, 0.2) is 78.9 Å². The summed E-state index contributed by atoms with van der Waals surface area (Å²) in [7, 11) is 0. The number of aromatic carboxylic acids is 1. The Morgan fingerprint density at radius 1 is 0.950 bits per heavy atom. The molecule has 3 aromatic carbocycles. The van der Waals surface area contributed by atoms with Crippen LogP contribution in [0.3, 0.4) is 0 Å². The van der Waals surface area contributed by atoms with E-state index in [9.17, 15) is 24.6 Å². The number of hydrogen-bond acceptors (Lipinski definition) is 5. The molecule has 1 aliphatic carbocycles. The van der Waals surface area contributed by atoms with E-state index in [1.807, 2.05) is 66.7 Å². The van der Waals surface area contributed by atoms with Gasteiger partial charge in [0.2, 0.25) is 5.91 Å². The van der Waals surface area contributed by atoms with Crippen molar-refractivity contribution in [2.24, 2.45) is 5.92 Å². The molecule has 8 heteroatoms. The summed E-state index contributed by atoms with van der Waals surface area (Å²) in [6.07, 6.45) is 3.28. The minimum atomic E-state index is -1.01. The van der Waals surface area contributed by atoms with E-state index in [4.69, 9.17) is 4.84 Å². The number of aliphatic carboxylic acids is 1. The average Bonchev–Trinajstić information content (AvgIpc) is 3.53. The normalized spacial score (nSPS) is 21.9. The molecule has 3 N–H and O–H groups in total. The molecule has 1 amide bonds. The third-order valence-electron chi connectivity index (χ3n) is 8.27. The Hall–Kier alpha value is -4.01. The first-order valence-corrected chi connectivity index (χ1v) is 13.8. The summed E-state index contributed by atoms with van der Waals surface area (Å²) in [6.45, 7) is 1.15. The van der Waals surface area contributed by atoms with E-state index in [1.54, 1.807) is 17.0 Å². The van der Waals surface area contributed by atoms with Gasteiger partial charge < -0.3 is 15.1 Å². The van der Waals surface area contributed by atoms with Gasteiger partial charge in [-0.2, -0.15) is 0 Å². The molecule has 5 rings (SSSR count). The maximum absolute atomic E-state index is 12.9. The largest absolute Gasteiger partial charge is 0.481 e. The van der Waals surface area contributed by atoms with Gasteiger partial charge in [0.1, 0.15) is 5.54 Å². The van der Waals surface area contributed by atoms with Crippen LogP contribution in [-0.4, -0.2) is 51.6 Å². The first-order chi connectivity index (χ1) is 19.4. The van der Waals surface area contributed by atoms with Crippen molar-refractivity contribution >= 4 is 17.8 Å². The number of unbranched alkanes of at least 4 members (excludes halogenated alkanes) is 1.